The van der Waals surface area contributed by atoms with E-state index >= 15 is 0 Å². The second-order valence-corrected chi connectivity index (χ2v) is 5.72. The van der Waals surface area contributed by atoms with E-state index < -0.39 is 0 Å². The summed E-state index contributed by atoms with van der Waals surface area (Å²) in [5.74, 6) is 0. The number of hydrogen-bond acceptors (Lipinski definition) is 0. The van der Waals surface area contributed by atoms with Crippen molar-refractivity contribution < 1.29 is 0 Å². The molecule has 0 saturated heterocycles. The van der Waals surface area contributed by atoms with Crippen LogP contribution in [0.15, 0.2) is 54.6 Å². The Morgan fingerprint density at radius 3 is 2.36 bits per heavy atom. The molecule has 0 N–H and O–H groups in total. The van der Waals surface area contributed by atoms with Crippen molar-refractivity contribution in [1.29, 1.82) is 0 Å². The summed E-state index contributed by atoms with van der Waals surface area (Å²) in [4.78, 5) is 0. The molecule has 0 aliphatic carbocycles. The lowest BCUT2D eigenvalue weighted by Crippen LogP contribution is -1.97. The summed E-state index contributed by atoms with van der Waals surface area (Å²) in [7, 11) is 0. The first-order valence-electron chi connectivity index (χ1n) is 8.12. The number of aromatic nitrogens is 1. The van der Waals surface area contributed by atoms with Gasteiger partial charge in [-0.1, -0.05) is 55.8 Å². The molecular formula is C21H23N. The molecule has 0 amide bonds. The van der Waals surface area contributed by atoms with E-state index in [4.69, 9.17) is 0 Å². The summed E-state index contributed by atoms with van der Waals surface area (Å²) in [5, 5.41) is 1.36. The predicted molar refractivity (Wildman–Crippen MR) is 96.7 cm³/mol. The molecule has 0 fully saturated rings. The van der Waals surface area contributed by atoms with Crippen LogP contribution in [-0.4, -0.2) is 4.57 Å². The second kappa shape index (κ2) is 6.23. The van der Waals surface area contributed by atoms with Crippen LogP contribution < -0.4 is 0 Å². The molecule has 1 heteroatoms. The number of para-hydroxylation sites is 1. The maximum atomic E-state index is 2.39. The van der Waals surface area contributed by atoms with E-state index in [2.05, 4.69) is 86.0 Å². The van der Waals surface area contributed by atoms with E-state index in [0.29, 0.717) is 0 Å². The third-order valence-electron chi connectivity index (χ3n) is 4.18. The molecule has 0 aliphatic rings. The number of rotatable bonds is 4. The molecule has 0 radical (unpaired) electrons. The lowest BCUT2D eigenvalue weighted by molar-refractivity contribution is 1.06. The Hall–Kier alpha value is -2.28. The first-order chi connectivity index (χ1) is 10.8. The maximum absolute atomic E-state index is 2.39. The van der Waals surface area contributed by atoms with Gasteiger partial charge in [0.2, 0.25) is 0 Å². The summed E-state index contributed by atoms with van der Waals surface area (Å²) >= 11 is 0. The van der Waals surface area contributed by atoms with Crippen LogP contribution in [0, 0.1) is 6.92 Å². The molecule has 0 unspecified atom stereocenters. The number of nitrogens with zero attached hydrogens (tertiary/aromatic N) is 1. The van der Waals surface area contributed by atoms with Crippen molar-refractivity contribution in [1.82, 2.24) is 4.57 Å². The third kappa shape index (κ3) is 2.48. The molecule has 0 aliphatic heterocycles. The summed E-state index contributed by atoms with van der Waals surface area (Å²) < 4.78 is 2.39. The van der Waals surface area contributed by atoms with Gasteiger partial charge in [-0.3, -0.25) is 0 Å². The average molecular weight is 289 g/mol. The van der Waals surface area contributed by atoms with Crippen molar-refractivity contribution in [2.45, 2.75) is 33.6 Å². The molecule has 2 aromatic carbocycles. The highest BCUT2D eigenvalue weighted by atomic mass is 15.0. The topological polar surface area (TPSA) is 4.93 Å². The minimum atomic E-state index is 1.04. The molecule has 0 bridgehead atoms. The molecule has 0 atom stereocenters. The van der Waals surface area contributed by atoms with Gasteiger partial charge in [-0.05, 0) is 49.6 Å². The van der Waals surface area contributed by atoms with Gasteiger partial charge >= 0.3 is 0 Å². The van der Waals surface area contributed by atoms with E-state index in [9.17, 15) is 0 Å². The highest BCUT2D eigenvalue weighted by molar-refractivity contribution is 5.90. The predicted octanol–water partition coefficient (Wildman–Crippen LogP) is 5.92. The van der Waals surface area contributed by atoms with Crippen LogP contribution in [0.2, 0.25) is 0 Å². The largest absolute Gasteiger partial charge is 0.310 e. The van der Waals surface area contributed by atoms with Gasteiger partial charge in [-0.15, -0.1) is 0 Å². The van der Waals surface area contributed by atoms with E-state index in [1.54, 1.807) is 0 Å². The molecule has 1 aromatic heterocycles. The smallest absolute Gasteiger partial charge is 0.0537 e. The fraction of sp³-hybridized carbons (Fsp3) is 0.238. The van der Waals surface area contributed by atoms with Crippen LogP contribution in [-0.2, 0) is 6.42 Å². The highest BCUT2D eigenvalue weighted by Gasteiger charge is 2.14. The summed E-state index contributed by atoms with van der Waals surface area (Å²) in [6.07, 6.45) is 6.62. The zero-order chi connectivity index (χ0) is 15.5. The van der Waals surface area contributed by atoms with Crippen LogP contribution in [0.3, 0.4) is 0 Å². The number of hydrogen-bond donors (Lipinski definition) is 0. The van der Waals surface area contributed by atoms with Gasteiger partial charge in [0.1, 0.15) is 0 Å². The van der Waals surface area contributed by atoms with Crippen molar-refractivity contribution in [2.75, 3.05) is 0 Å². The summed E-state index contributed by atoms with van der Waals surface area (Å²) in [6.45, 7) is 6.55. The molecule has 112 valence electrons. The molecule has 1 nitrogen and oxygen atoms in total. The molecule has 0 saturated carbocycles. The van der Waals surface area contributed by atoms with Crippen molar-refractivity contribution in [3.8, 4) is 5.69 Å². The highest BCUT2D eigenvalue weighted by Crippen LogP contribution is 2.31. The molecule has 3 rings (SSSR count). The Labute approximate surface area is 132 Å². The van der Waals surface area contributed by atoms with Crippen molar-refractivity contribution in [2.24, 2.45) is 0 Å². The SMILES string of the molecule is CC/C=C\c1c(CC)c2ccccc2n1-c1ccc(C)cc1. The van der Waals surface area contributed by atoms with Gasteiger partial charge in [-0.2, -0.15) is 0 Å². The number of allylic oxidation sites excluding steroid dienone is 1. The number of fused-ring (bicyclic) bond motifs is 1. The van der Waals surface area contributed by atoms with Gasteiger partial charge in [-0.25, -0.2) is 0 Å². The quantitative estimate of drug-likeness (QED) is 0.561. The summed E-state index contributed by atoms with van der Waals surface area (Å²) in [6, 6.07) is 17.5. The first kappa shape index (κ1) is 14.6. The maximum Gasteiger partial charge on any atom is 0.0537 e. The monoisotopic (exact) mass is 289 g/mol. The standard InChI is InChI=1S/C21H23N/c1-4-6-10-20-18(5-2)19-9-7-8-11-21(19)22(20)17-14-12-16(3)13-15-17/h6-15H,4-5H2,1-3H3/b10-6-. The van der Waals surface area contributed by atoms with Crippen LogP contribution in [0.4, 0.5) is 0 Å². The summed E-state index contributed by atoms with van der Waals surface area (Å²) in [5.41, 5.74) is 6.56. The van der Waals surface area contributed by atoms with E-state index in [0.717, 1.165) is 12.8 Å². The number of aryl methyl sites for hydroxylation is 2. The fourth-order valence-corrected chi connectivity index (χ4v) is 3.07. The Balaban J connectivity index is 2.35. The average Bonchev–Trinajstić information content (AvgIpc) is 2.87. The zero-order valence-corrected chi connectivity index (χ0v) is 13.6. The van der Waals surface area contributed by atoms with Gasteiger partial charge in [0, 0.05) is 16.8 Å². The first-order valence-corrected chi connectivity index (χ1v) is 8.12. The third-order valence-corrected chi connectivity index (χ3v) is 4.18. The Kier molecular flexibility index (Phi) is 4.15. The van der Waals surface area contributed by atoms with E-state index in [1.807, 2.05) is 0 Å². The van der Waals surface area contributed by atoms with Crippen LogP contribution in [0.25, 0.3) is 22.7 Å². The molecular weight excluding hydrogens is 266 g/mol. The van der Waals surface area contributed by atoms with Crippen molar-refractivity contribution in [3.05, 3.63) is 71.4 Å². The van der Waals surface area contributed by atoms with Gasteiger partial charge < -0.3 is 4.57 Å². The van der Waals surface area contributed by atoms with E-state index in [-0.39, 0.29) is 0 Å². The molecule has 0 spiro atoms. The van der Waals surface area contributed by atoms with Crippen LogP contribution >= 0.6 is 0 Å². The van der Waals surface area contributed by atoms with Crippen molar-refractivity contribution >= 4 is 17.0 Å². The molecule has 22 heavy (non-hydrogen) atoms. The zero-order valence-electron chi connectivity index (χ0n) is 13.6. The molecule has 1 heterocycles. The van der Waals surface area contributed by atoms with Gasteiger partial charge in [0.15, 0.2) is 0 Å². The van der Waals surface area contributed by atoms with Gasteiger partial charge in [0.25, 0.3) is 0 Å². The Morgan fingerprint density at radius 2 is 1.68 bits per heavy atom. The van der Waals surface area contributed by atoms with Crippen molar-refractivity contribution in [3.63, 3.8) is 0 Å². The lowest BCUT2D eigenvalue weighted by atomic mass is 10.1. The van der Waals surface area contributed by atoms with Crippen LogP contribution in [0.5, 0.6) is 0 Å². The molecule has 3 aromatic rings. The van der Waals surface area contributed by atoms with E-state index in [1.165, 1.54) is 33.4 Å². The number of benzene rings is 2. The lowest BCUT2D eigenvalue weighted by Gasteiger charge is -2.10. The Bertz CT molecular complexity index is 804. The minimum Gasteiger partial charge on any atom is -0.310 e. The minimum absolute atomic E-state index is 1.04. The van der Waals surface area contributed by atoms with Crippen LogP contribution in [0.1, 0.15) is 37.1 Å². The second-order valence-electron chi connectivity index (χ2n) is 5.72. The Morgan fingerprint density at radius 1 is 0.955 bits per heavy atom. The normalized spacial score (nSPS) is 11.6. The fourth-order valence-electron chi connectivity index (χ4n) is 3.07. The van der Waals surface area contributed by atoms with Gasteiger partial charge in [0.05, 0.1) is 5.52 Å².